The number of carbonyl (C=O) groups is 1. The van der Waals surface area contributed by atoms with Crippen molar-refractivity contribution in [3.8, 4) is 23.0 Å². The van der Waals surface area contributed by atoms with Crippen LogP contribution in [0.2, 0.25) is 0 Å². The van der Waals surface area contributed by atoms with Gasteiger partial charge in [0.15, 0.2) is 23.7 Å². The second kappa shape index (κ2) is 6.05. The molecular formula is C18H18O6. The zero-order valence-corrected chi connectivity index (χ0v) is 13.6. The van der Waals surface area contributed by atoms with Gasteiger partial charge < -0.3 is 24.4 Å². The number of phenolic OH excluding ortho intramolecular Hbond substituents is 1. The molecule has 1 heterocycles. The zero-order chi connectivity index (χ0) is 17.4. The molecule has 0 aromatic heterocycles. The first-order chi connectivity index (χ1) is 11.5. The Balaban J connectivity index is 2.12. The number of rotatable bonds is 3. The van der Waals surface area contributed by atoms with Gasteiger partial charge in [-0.1, -0.05) is 29.8 Å². The lowest BCUT2D eigenvalue weighted by molar-refractivity contribution is 0.0209. The molecule has 0 saturated carbocycles. The summed E-state index contributed by atoms with van der Waals surface area (Å²) < 4.78 is 16.0. The van der Waals surface area contributed by atoms with Crippen molar-refractivity contribution in [3.63, 3.8) is 0 Å². The van der Waals surface area contributed by atoms with Gasteiger partial charge >= 0.3 is 0 Å². The van der Waals surface area contributed by atoms with Crippen molar-refractivity contribution in [2.75, 3.05) is 14.2 Å². The fraction of sp³-hybridized carbons (Fsp3) is 0.278. The van der Waals surface area contributed by atoms with Gasteiger partial charge in [-0.15, -0.1) is 0 Å². The SMILES string of the molecule is COc1cc2c(c(OC)c1O)C(=O)C(O)C(c1ccc(C)cc1)O2. The van der Waals surface area contributed by atoms with E-state index in [0.717, 1.165) is 5.56 Å². The van der Waals surface area contributed by atoms with Crippen LogP contribution in [0, 0.1) is 6.92 Å². The van der Waals surface area contributed by atoms with Crippen LogP contribution in [0.1, 0.15) is 27.6 Å². The van der Waals surface area contributed by atoms with E-state index >= 15 is 0 Å². The summed E-state index contributed by atoms with van der Waals surface area (Å²) in [5, 5.41) is 20.5. The van der Waals surface area contributed by atoms with Crippen molar-refractivity contribution in [2.24, 2.45) is 0 Å². The molecule has 0 fully saturated rings. The van der Waals surface area contributed by atoms with E-state index in [4.69, 9.17) is 14.2 Å². The van der Waals surface area contributed by atoms with Crippen LogP contribution in [0.4, 0.5) is 0 Å². The second-order valence-electron chi connectivity index (χ2n) is 5.59. The third-order valence-electron chi connectivity index (χ3n) is 4.07. The fourth-order valence-electron chi connectivity index (χ4n) is 2.78. The van der Waals surface area contributed by atoms with Gasteiger partial charge in [-0.2, -0.15) is 0 Å². The number of aliphatic hydroxyl groups excluding tert-OH is 1. The van der Waals surface area contributed by atoms with Crippen LogP contribution >= 0.6 is 0 Å². The van der Waals surface area contributed by atoms with E-state index in [0.29, 0.717) is 5.56 Å². The predicted octanol–water partition coefficient (Wildman–Crippen LogP) is 2.40. The smallest absolute Gasteiger partial charge is 0.203 e. The molecule has 1 aliphatic heterocycles. The van der Waals surface area contributed by atoms with E-state index in [1.807, 2.05) is 19.1 Å². The number of methoxy groups -OCH3 is 2. The number of phenols is 1. The van der Waals surface area contributed by atoms with Gasteiger partial charge in [0.1, 0.15) is 11.3 Å². The van der Waals surface area contributed by atoms with E-state index in [1.54, 1.807) is 12.1 Å². The summed E-state index contributed by atoms with van der Waals surface area (Å²) in [5.74, 6) is -0.635. The van der Waals surface area contributed by atoms with E-state index < -0.39 is 18.0 Å². The monoisotopic (exact) mass is 330 g/mol. The average Bonchev–Trinajstić information content (AvgIpc) is 2.59. The molecule has 2 aromatic rings. The van der Waals surface area contributed by atoms with E-state index in [9.17, 15) is 15.0 Å². The average molecular weight is 330 g/mol. The Hall–Kier alpha value is -2.73. The molecule has 0 aliphatic carbocycles. The minimum atomic E-state index is -1.40. The Bertz CT molecular complexity index is 781. The van der Waals surface area contributed by atoms with Crippen LogP contribution in [-0.2, 0) is 0 Å². The summed E-state index contributed by atoms with van der Waals surface area (Å²) in [5.41, 5.74) is 1.74. The van der Waals surface area contributed by atoms with Crippen LogP contribution in [0.25, 0.3) is 0 Å². The minimum Gasteiger partial charge on any atom is -0.502 e. The lowest BCUT2D eigenvalue weighted by atomic mass is 9.92. The number of ketones is 1. The molecule has 6 nitrogen and oxygen atoms in total. The standard InChI is InChI=1S/C18H18O6/c1-9-4-6-10(7-5-9)17-16(21)15(20)13-11(24-17)8-12(22-2)14(19)18(13)23-3/h4-8,16-17,19,21H,1-3H3. The number of carbonyl (C=O) groups excluding carboxylic acids is 1. The third kappa shape index (κ3) is 2.45. The largest absolute Gasteiger partial charge is 0.502 e. The van der Waals surface area contributed by atoms with Crippen LogP contribution in [0.5, 0.6) is 23.0 Å². The molecule has 0 amide bonds. The zero-order valence-electron chi connectivity index (χ0n) is 13.6. The van der Waals surface area contributed by atoms with Gasteiger partial charge in [-0.05, 0) is 12.5 Å². The number of benzene rings is 2. The second-order valence-corrected chi connectivity index (χ2v) is 5.59. The quantitative estimate of drug-likeness (QED) is 0.899. The van der Waals surface area contributed by atoms with Gasteiger partial charge in [-0.3, -0.25) is 4.79 Å². The summed E-state index contributed by atoms with van der Waals surface area (Å²) in [7, 11) is 2.71. The van der Waals surface area contributed by atoms with Gasteiger partial charge in [0.05, 0.1) is 14.2 Å². The Kier molecular flexibility index (Phi) is 4.07. The number of Topliss-reactive ketones (excluding diaryl/α,β-unsaturated/α-hetero) is 1. The Morgan fingerprint density at radius 3 is 2.38 bits per heavy atom. The Morgan fingerprint density at radius 2 is 1.79 bits per heavy atom. The van der Waals surface area contributed by atoms with Crippen molar-refractivity contribution >= 4 is 5.78 Å². The molecule has 2 unspecified atom stereocenters. The third-order valence-corrected chi connectivity index (χ3v) is 4.07. The normalized spacial score (nSPS) is 19.4. The molecule has 6 heteroatoms. The van der Waals surface area contributed by atoms with Gasteiger partial charge in [0, 0.05) is 6.07 Å². The van der Waals surface area contributed by atoms with Crippen molar-refractivity contribution in [1.29, 1.82) is 0 Å². The number of hydrogen-bond acceptors (Lipinski definition) is 6. The molecule has 126 valence electrons. The number of fused-ring (bicyclic) bond motifs is 1. The highest BCUT2D eigenvalue weighted by Crippen LogP contribution is 2.48. The molecule has 0 bridgehead atoms. The molecule has 2 atom stereocenters. The van der Waals surface area contributed by atoms with Crippen LogP contribution < -0.4 is 14.2 Å². The lowest BCUT2D eigenvalue weighted by Crippen LogP contribution is -2.36. The Morgan fingerprint density at radius 1 is 1.12 bits per heavy atom. The summed E-state index contributed by atoms with van der Waals surface area (Å²) in [6, 6.07) is 8.78. The summed E-state index contributed by atoms with van der Waals surface area (Å²) >= 11 is 0. The molecule has 24 heavy (non-hydrogen) atoms. The molecule has 2 N–H and O–H groups in total. The Labute approximate surface area is 139 Å². The first kappa shape index (κ1) is 16.1. The van der Waals surface area contributed by atoms with E-state index in [2.05, 4.69) is 0 Å². The number of aliphatic hydroxyl groups is 1. The lowest BCUT2D eigenvalue weighted by Gasteiger charge is -2.31. The van der Waals surface area contributed by atoms with Crippen LogP contribution in [0.15, 0.2) is 30.3 Å². The first-order valence-electron chi connectivity index (χ1n) is 7.41. The van der Waals surface area contributed by atoms with E-state index in [-0.39, 0.29) is 28.6 Å². The summed E-state index contributed by atoms with van der Waals surface area (Å²) in [6.07, 6.45) is -2.24. The number of ether oxygens (including phenoxy) is 3. The maximum atomic E-state index is 12.6. The highest BCUT2D eigenvalue weighted by Gasteiger charge is 2.40. The van der Waals surface area contributed by atoms with Gasteiger partial charge in [0.25, 0.3) is 0 Å². The molecule has 0 radical (unpaired) electrons. The topological polar surface area (TPSA) is 85.2 Å². The summed E-state index contributed by atoms with van der Waals surface area (Å²) in [6.45, 7) is 1.95. The van der Waals surface area contributed by atoms with Crippen molar-refractivity contribution in [1.82, 2.24) is 0 Å². The van der Waals surface area contributed by atoms with Gasteiger partial charge in [-0.25, -0.2) is 0 Å². The minimum absolute atomic E-state index is 0.00617. The van der Waals surface area contributed by atoms with Crippen LogP contribution in [-0.4, -0.2) is 36.3 Å². The predicted molar refractivity (Wildman–Crippen MR) is 86.1 cm³/mol. The number of aryl methyl sites for hydroxylation is 1. The van der Waals surface area contributed by atoms with Gasteiger partial charge in [0.2, 0.25) is 11.5 Å². The summed E-state index contributed by atoms with van der Waals surface area (Å²) in [4.78, 5) is 12.6. The molecule has 0 saturated heterocycles. The van der Waals surface area contributed by atoms with E-state index in [1.165, 1.54) is 20.3 Å². The van der Waals surface area contributed by atoms with Crippen LogP contribution in [0.3, 0.4) is 0 Å². The number of hydrogen-bond donors (Lipinski definition) is 2. The molecule has 0 spiro atoms. The highest BCUT2D eigenvalue weighted by atomic mass is 16.5. The molecule has 2 aromatic carbocycles. The highest BCUT2D eigenvalue weighted by molar-refractivity contribution is 6.06. The molecular weight excluding hydrogens is 312 g/mol. The molecule has 3 rings (SSSR count). The maximum absolute atomic E-state index is 12.6. The maximum Gasteiger partial charge on any atom is 0.203 e. The number of aromatic hydroxyl groups is 1. The fourth-order valence-corrected chi connectivity index (χ4v) is 2.78. The first-order valence-corrected chi connectivity index (χ1v) is 7.41. The van der Waals surface area contributed by atoms with Crippen molar-refractivity contribution < 1.29 is 29.2 Å². The molecule has 1 aliphatic rings. The van der Waals surface area contributed by atoms with Crippen molar-refractivity contribution in [2.45, 2.75) is 19.1 Å². The van der Waals surface area contributed by atoms with Crippen molar-refractivity contribution in [3.05, 3.63) is 47.0 Å².